The number of aryl methyl sites for hydroxylation is 1. The number of nitrogens with one attached hydrogen (secondary N) is 2. The minimum atomic E-state index is -0.234. The second kappa shape index (κ2) is 6.74. The van der Waals surface area contributed by atoms with Crippen molar-refractivity contribution in [2.45, 2.75) is 20.3 Å². The first-order valence-corrected chi connectivity index (χ1v) is 7.11. The molecule has 1 aromatic carbocycles. The Labute approximate surface area is 132 Å². The van der Waals surface area contributed by atoms with Crippen LogP contribution in [0, 0.1) is 6.92 Å². The van der Waals surface area contributed by atoms with Gasteiger partial charge in [-0.05, 0) is 25.5 Å². The Morgan fingerprint density at radius 1 is 1.38 bits per heavy atom. The molecule has 0 saturated heterocycles. The molecule has 0 fully saturated rings. The summed E-state index contributed by atoms with van der Waals surface area (Å²) in [5.41, 5.74) is 4.64. The summed E-state index contributed by atoms with van der Waals surface area (Å²) in [4.78, 5) is 18.1. The molecule has 2 rings (SSSR count). The average molecular weight is 325 g/mol. The molecule has 21 heavy (non-hydrogen) atoms. The second-order valence-electron chi connectivity index (χ2n) is 4.38. The monoisotopic (exact) mass is 324 g/mol. The molecule has 2 N–H and O–H groups in total. The van der Waals surface area contributed by atoms with Crippen molar-refractivity contribution in [1.29, 1.82) is 0 Å². The summed E-state index contributed by atoms with van der Waals surface area (Å²) in [6.45, 7) is 3.69. The van der Waals surface area contributed by atoms with E-state index in [1.165, 1.54) is 6.07 Å². The number of nitrogens with zero attached hydrogens (tertiary/aromatic N) is 2. The van der Waals surface area contributed by atoms with Crippen LogP contribution in [0.2, 0.25) is 10.0 Å². The third-order valence-corrected chi connectivity index (χ3v) is 3.29. The molecular formula is C14H14Cl2N4O. The zero-order valence-corrected chi connectivity index (χ0v) is 13.1. The number of aromatic nitrogens is 2. The number of benzene rings is 1. The molecule has 0 radical (unpaired) electrons. The van der Waals surface area contributed by atoms with E-state index in [2.05, 4.69) is 20.5 Å². The predicted molar refractivity (Wildman–Crippen MR) is 86.5 cm³/mol. The molecule has 0 aliphatic rings. The summed E-state index contributed by atoms with van der Waals surface area (Å²) in [7, 11) is 0. The van der Waals surface area contributed by atoms with E-state index in [0.717, 1.165) is 11.3 Å². The van der Waals surface area contributed by atoms with Gasteiger partial charge >= 0.3 is 0 Å². The van der Waals surface area contributed by atoms with E-state index >= 15 is 0 Å². The maximum atomic E-state index is 11.4. The molecule has 0 bridgehead atoms. The van der Waals surface area contributed by atoms with Crippen molar-refractivity contribution >= 4 is 34.9 Å². The number of rotatable bonds is 4. The molecule has 7 heteroatoms. The van der Waals surface area contributed by atoms with Crippen LogP contribution < -0.4 is 11.0 Å². The zero-order valence-electron chi connectivity index (χ0n) is 11.6. The largest absolute Gasteiger partial charge is 0.291 e. The minimum absolute atomic E-state index is 0.234. The van der Waals surface area contributed by atoms with Crippen molar-refractivity contribution in [3.63, 3.8) is 0 Å². The molecule has 0 spiro atoms. The molecular weight excluding hydrogens is 311 g/mol. The van der Waals surface area contributed by atoms with Crippen LogP contribution in [0.1, 0.15) is 24.6 Å². The van der Waals surface area contributed by atoms with E-state index in [1.54, 1.807) is 25.1 Å². The van der Waals surface area contributed by atoms with Crippen LogP contribution in [-0.4, -0.2) is 15.7 Å². The van der Waals surface area contributed by atoms with Gasteiger partial charge in [-0.25, -0.2) is 10.4 Å². The quantitative estimate of drug-likeness (QED) is 0.666. The van der Waals surface area contributed by atoms with Crippen LogP contribution in [0.5, 0.6) is 0 Å². The van der Waals surface area contributed by atoms with Crippen molar-refractivity contribution in [2.24, 2.45) is 5.10 Å². The standard InChI is InChI=1S/C14H14Cl2N4O/c1-3-12(10-5-4-9(15)7-11(10)16)19-20-14-17-8(2)6-13(21)18-14/h4-7H,3H2,1-2H3,(H2,17,18,20,21)/b19-12-. The van der Waals surface area contributed by atoms with E-state index in [9.17, 15) is 4.79 Å². The Kier molecular flexibility index (Phi) is 4.98. The van der Waals surface area contributed by atoms with Crippen LogP contribution in [0.25, 0.3) is 0 Å². The van der Waals surface area contributed by atoms with Gasteiger partial charge in [0.2, 0.25) is 5.95 Å². The van der Waals surface area contributed by atoms with Gasteiger partial charge in [0.15, 0.2) is 0 Å². The Balaban J connectivity index is 2.30. The van der Waals surface area contributed by atoms with Gasteiger partial charge < -0.3 is 0 Å². The molecule has 0 aliphatic carbocycles. The fourth-order valence-electron chi connectivity index (χ4n) is 1.81. The molecule has 1 aromatic heterocycles. The van der Waals surface area contributed by atoms with Crippen molar-refractivity contribution in [3.05, 3.63) is 55.9 Å². The topological polar surface area (TPSA) is 70.1 Å². The smallest absolute Gasteiger partial charge is 0.252 e. The van der Waals surface area contributed by atoms with E-state index in [1.807, 2.05) is 6.92 Å². The second-order valence-corrected chi connectivity index (χ2v) is 5.23. The Morgan fingerprint density at radius 3 is 2.76 bits per heavy atom. The summed E-state index contributed by atoms with van der Waals surface area (Å²) in [5, 5.41) is 5.35. The number of anilines is 1. The number of hydrogen-bond donors (Lipinski definition) is 2. The van der Waals surface area contributed by atoms with Gasteiger partial charge in [-0.3, -0.25) is 9.78 Å². The maximum absolute atomic E-state index is 11.4. The number of halogens is 2. The normalized spacial score (nSPS) is 11.5. The van der Waals surface area contributed by atoms with Crippen LogP contribution in [0.3, 0.4) is 0 Å². The molecule has 5 nitrogen and oxygen atoms in total. The average Bonchev–Trinajstić information content (AvgIpc) is 2.40. The van der Waals surface area contributed by atoms with Gasteiger partial charge in [-0.1, -0.05) is 36.2 Å². The van der Waals surface area contributed by atoms with Gasteiger partial charge in [0.1, 0.15) is 0 Å². The van der Waals surface area contributed by atoms with E-state index in [4.69, 9.17) is 23.2 Å². The SMILES string of the molecule is CC/C(=N/Nc1nc(C)cc(=O)[nH]1)c1ccc(Cl)cc1Cl. The summed E-state index contributed by atoms with van der Waals surface area (Å²) >= 11 is 12.1. The lowest BCUT2D eigenvalue weighted by Gasteiger charge is -2.08. The minimum Gasteiger partial charge on any atom is -0.291 e. The third kappa shape index (κ3) is 4.06. The number of hydrazone groups is 1. The lowest BCUT2D eigenvalue weighted by Crippen LogP contribution is -2.12. The summed E-state index contributed by atoms with van der Waals surface area (Å²) in [6.07, 6.45) is 0.657. The molecule has 0 aliphatic heterocycles. The Morgan fingerprint density at radius 2 is 2.14 bits per heavy atom. The third-order valence-electron chi connectivity index (χ3n) is 2.74. The highest BCUT2D eigenvalue weighted by Gasteiger charge is 2.07. The van der Waals surface area contributed by atoms with Crippen molar-refractivity contribution in [1.82, 2.24) is 9.97 Å². The van der Waals surface area contributed by atoms with E-state index < -0.39 is 0 Å². The number of hydrogen-bond acceptors (Lipinski definition) is 4. The highest BCUT2D eigenvalue weighted by atomic mass is 35.5. The fraction of sp³-hybridized carbons (Fsp3) is 0.214. The lowest BCUT2D eigenvalue weighted by atomic mass is 10.1. The predicted octanol–water partition coefficient (Wildman–Crippen LogP) is 3.61. The van der Waals surface area contributed by atoms with Crippen LogP contribution in [0.4, 0.5) is 5.95 Å². The molecule has 0 unspecified atom stereocenters. The highest BCUT2D eigenvalue weighted by molar-refractivity contribution is 6.37. The van der Waals surface area contributed by atoms with E-state index in [-0.39, 0.29) is 11.5 Å². The molecule has 2 aromatic rings. The van der Waals surface area contributed by atoms with E-state index in [0.29, 0.717) is 22.2 Å². The molecule has 0 saturated carbocycles. The fourth-order valence-corrected chi connectivity index (χ4v) is 2.32. The van der Waals surface area contributed by atoms with Crippen molar-refractivity contribution in [3.8, 4) is 0 Å². The summed E-state index contributed by atoms with van der Waals surface area (Å²) < 4.78 is 0. The van der Waals surface area contributed by atoms with Crippen LogP contribution >= 0.6 is 23.2 Å². The van der Waals surface area contributed by atoms with Gasteiger partial charge in [0.25, 0.3) is 5.56 Å². The zero-order chi connectivity index (χ0) is 15.4. The number of aromatic amines is 1. The van der Waals surface area contributed by atoms with Crippen LogP contribution in [0.15, 0.2) is 34.2 Å². The van der Waals surface area contributed by atoms with Crippen LogP contribution in [-0.2, 0) is 0 Å². The van der Waals surface area contributed by atoms with Gasteiger partial charge in [-0.2, -0.15) is 5.10 Å². The van der Waals surface area contributed by atoms with Crippen molar-refractivity contribution < 1.29 is 0 Å². The van der Waals surface area contributed by atoms with Crippen molar-refractivity contribution in [2.75, 3.05) is 5.43 Å². The number of H-pyrrole nitrogens is 1. The van der Waals surface area contributed by atoms with Gasteiger partial charge in [0.05, 0.1) is 10.7 Å². The first kappa shape index (κ1) is 15.5. The lowest BCUT2D eigenvalue weighted by molar-refractivity contribution is 1.04. The molecule has 1 heterocycles. The Hall–Kier alpha value is -1.85. The molecule has 0 amide bonds. The summed E-state index contributed by atoms with van der Waals surface area (Å²) in [5.74, 6) is 0.288. The first-order chi connectivity index (χ1) is 9.99. The molecule has 0 atom stereocenters. The summed E-state index contributed by atoms with van der Waals surface area (Å²) in [6, 6.07) is 6.63. The Bertz CT molecular complexity index is 740. The van der Waals surface area contributed by atoms with Gasteiger partial charge in [0, 0.05) is 22.3 Å². The van der Waals surface area contributed by atoms with Gasteiger partial charge in [-0.15, -0.1) is 0 Å². The highest BCUT2D eigenvalue weighted by Crippen LogP contribution is 2.22. The maximum Gasteiger partial charge on any atom is 0.252 e. The first-order valence-electron chi connectivity index (χ1n) is 6.35. The molecule has 110 valence electrons.